The Labute approximate surface area is 667 Å². The van der Waals surface area contributed by atoms with Crippen LogP contribution in [0.15, 0.2) is 170 Å². The van der Waals surface area contributed by atoms with Crippen molar-refractivity contribution < 1.29 is 80.2 Å². The molecule has 110 heavy (non-hydrogen) atoms. The van der Waals surface area contributed by atoms with Gasteiger partial charge in [0.1, 0.15) is 19.3 Å². The van der Waals surface area contributed by atoms with E-state index >= 15 is 0 Å². The van der Waals surface area contributed by atoms with E-state index in [2.05, 4.69) is 198 Å². The van der Waals surface area contributed by atoms with Crippen LogP contribution >= 0.6 is 15.6 Å². The second kappa shape index (κ2) is 81.4. The number of allylic oxidation sites excluding steroid dienone is 28. The Bertz CT molecular complexity index is 2750. The van der Waals surface area contributed by atoms with Crippen molar-refractivity contribution in [1.29, 1.82) is 0 Å². The van der Waals surface area contributed by atoms with Gasteiger partial charge in [-0.05, 0) is 180 Å². The number of phosphoric acid groups is 2. The molecular formula is C91H150O17P2. The summed E-state index contributed by atoms with van der Waals surface area (Å²) < 4.78 is 68.7. The van der Waals surface area contributed by atoms with Crippen LogP contribution in [0.4, 0.5) is 0 Å². The van der Waals surface area contributed by atoms with Gasteiger partial charge in [-0.3, -0.25) is 37.3 Å². The van der Waals surface area contributed by atoms with Gasteiger partial charge in [0.2, 0.25) is 0 Å². The van der Waals surface area contributed by atoms with Gasteiger partial charge in [-0.15, -0.1) is 0 Å². The van der Waals surface area contributed by atoms with E-state index in [4.69, 9.17) is 37.0 Å². The van der Waals surface area contributed by atoms with Crippen LogP contribution in [0.2, 0.25) is 0 Å². The second-order valence-corrected chi connectivity index (χ2v) is 30.6. The van der Waals surface area contributed by atoms with Crippen LogP contribution in [0, 0.1) is 0 Å². The Balaban J connectivity index is 5.46. The van der Waals surface area contributed by atoms with Crippen LogP contribution < -0.4 is 0 Å². The average Bonchev–Trinajstić information content (AvgIpc) is 0.906. The zero-order valence-corrected chi connectivity index (χ0v) is 70.4. The van der Waals surface area contributed by atoms with Crippen LogP contribution in [-0.2, 0) is 65.4 Å². The Morgan fingerprint density at radius 1 is 0.264 bits per heavy atom. The number of hydrogen-bond donors (Lipinski definition) is 3. The molecule has 3 N–H and O–H groups in total. The van der Waals surface area contributed by atoms with Crippen LogP contribution in [0.25, 0.3) is 0 Å². The fourth-order valence-corrected chi connectivity index (χ4v) is 12.3. The summed E-state index contributed by atoms with van der Waals surface area (Å²) in [5, 5.41) is 10.7. The molecule has 19 heteroatoms. The first kappa shape index (κ1) is 104. The molecule has 0 heterocycles. The van der Waals surface area contributed by atoms with Crippen molar-refractivity contribution in [3.8, 4) is 0 Å². The van der Waals surface area contributed by atoms with Crippen molar-refractivity contribution in [2.24, 2.45) is 0 Å². The molecule has 17 nitrogen and oxygen atoms in total. The van der Waals surface area contributed by atoms with Crippen molar-refractivity contribution in [2.75, 3.05) is 39.6 Å². The van der Waals surface area contributed by atoms with Crippen LogP contribution in [0.3, 0.4) is 0 Å². The van der Waals surface area contributed by atoms with E-state index < -0.39 is 97.5 Å². The Hall–Kier alpha value is -5.58. The van der Waals surface area contributed by atoms with Crippen LogP contribution in [0.5, 0.6) is 0 Å². The van der Waals surface area contributed by atoms with Crippen LogP contribution in [-0.4, -0.2) is 96.7 Å². The number of carbonyl (C=O) groups excluding carboxylic acids is 4. The first-order valence-corrected chi connectivity index (χ1v) is 45.4. The molecule has 5 atom stereocenters. The number of aliphatic hydroxyl groups is 1. The minimum absolute atomic E-state index is 0.0526. The summed E-state index contributed by atoms with van der Waals surface area (Å²) in [7, 11) is -10.0. The van der Waals surface area contributed by atoms with Gasteiger partial charge in [-0.1, -0.05) is 288 Å². The lowest BCUT2D eigenvalue weighted by Gasteiger charge is -2.21. The molecule has 626 valence electrons. The summed E-state index contributed by atoms with van der Waals surface area (Å²) in [5.41, 5.74) is 0. The lowest BCUT2D eigenvalue weighted by atomic mass is 10.1. The Morgan fingerprint density at radius 3 is 0.736 bits per heavy atom. The topological polar surface area (TPSA) is 237 Å². The largest absolute Gasteiger partial charge is 0.472 e. The maximum atomic E-state index is 13.1. The number of ether oxygens (including phenoxy) is 4. The van der Waals surface area contributed by atoms with Crippen molar-refractivity contribution in [3.63, 3.8) is 0 Å². The zero-order chi connectivity index (χ0) is 80.3. The summed E-state index contributed by atoms with van der Waals surface area (Å²) >= 11 is 0. The quantitative estimate of drug-likeness (QED) is 0.0169. The summed E-state index contributed by atoms with van der Waals surface area (Å²) in [6.07, 6.45) is 97.4. The molecule has 0 amide bonds. The van der Waals surface area contributed by atoms with E-state index in [1.165, 1.54) is 38.5 Å². The Kier molecular flexibility index (Phi) is 77.3. The number of esters is 4. The number of unbranched alkanes of at least 4 members (excludes halogenated alkanes) is 24. The molecule has 0 aliphatic carbocycles. The third-order valence-electron chi connectivity index (χ3n) is 17.1. The SMILES string of the molecule is CC/C=C\C/C=C\C/C=C\C/C=C\C/C=C\CCCCCC(=O)OCC(COP(=O)(O)OCC(O)COP(=O)(O)OCC(COC(=O)CCCCCCCC/C=C\C/C=C\C/C=C\CCCCC)OC(=O)CCCCCCC/C=C\C/C=C\CCCCC)OC(=O)CCCCCC/C=C\C/C=C\C/C=C\C/C=C\CC. The van der Waals surface area contributed by atoms with Crippen molar-refractivity contribution in [3.05, 3.63) is 170 Å². The summed E-state index contributed by atoms with van der Waals surface area (Å²) in [5.74, 6) is -2.27. The standard InChI is InChI=1S/C91H150O17P2/c1-5-9-13-17-21-25-29-33-37-40-42-45-48-51-55-59-63-67-71-75-88(93)101-81-86(107-90(95)77-73-69-65-61-57-53-47-36-32-28-24-20-16-12-8-4)83-105-109(97,98)103-79-85(92)80-104-110(99,100)106-84-87(108-91(96)78-74-70-66-62-58-54-50-44-39-35-31-27-23-19-15-11-7-3)82-102-89(94)76-72-68-64-60-56-52-49-46-43-41-38-34-30-26-22-18-14-10-6-2/h10-11,14-15,21-28,33-39,42-43,45-47,50,52,54,56,85-87,92H,5-9,12-13,16-20,29-32,40-41,44,48-49,51,53,55,57-84H2,1-4H3,(H,97,98)(H,99,100)/b14-10-,15-11-,25-21-,26-22-,27-23-,28-24-,37-33-,38-34-,39-35-,45-42-,46-43-,47-36-,54-50-,56-52-. The molecule has 5 unspecified atom stereocenters. The average molecular weight is 1580 g/mol. The van der Waals surface area contributed by atoms with Gasteiger partial charge in [0.15, 0.2) is 12.2 Å². The van der Waals surface area contributed by atoms with E-state index in [-0.39, 0.29) is 25.7 Å². The summed E-state index contributed by atoms with van der Waals surface area (Å²) in [4.78, 5) is 73.3. The van der Waals surface area contributed by atoms with Gasteiger partial charge in [0.05, 0.1) is 26.4 Å². The van der Waals surface area contributed by atoms with Gasteiger partial charge in [0.25, 0.3) is 0 Å². The maximum absolute atomic E-state index is 13.1. The van der Waals surface area contributed by atoms with E-state index in [1.807, 2.05) is 0 Å². The number of aliphatic hydroxyl groups excluding tert-OH is 1. The lowest BCUT2D eigenvalue weighted by molar-refractivity contribution is -0.161. The number of carbonyl (C=O) groups is 4. The first-order valence-electron chi connectivity index (χ1n) is 42.4. The van der Waals surface area contributed by atoms with E-state index in [9.17, 15) is 43.2 Å². The minimum atomic E-state index is -5.01. The van der Waals surface area contributed by atoms with Gasteiger partial charge in [0, 0.05) is 25.7 Å². The molecule has 0 fully saturated rings. The molecule has 0 aromatic rings. The third-order valence-corrected chi connectivity index (χ3v) is 19.0. The van der Waals surface area contributed by atoms with Gasteiger partial charge >= 0.3 is 39.5 Å². The van der Waals surface area contributed by atoms with Crippen LogP contribution in [0.1, 0.15) is 323 Å². The molecule has 0 aliphatic rings. The fraction of sp³-hybridized carbons (Fsp3) is 0.648. The highest BCUT2D eigenvalue weighted by atomic mass is 31.2. The summed E-state index contributed by atoms with van der Waals surface area (Å²) in [6, 6.07) is 0. The maximum Gasteiger partial charge on any atom is 0.472 e. The lowest BCUT2D eigenvalue weighted by Crippen LogP contribution is -2.30. The predicted molar refractivity (Wildman–Crippen MR) is 454 cm³/mol. The van der Waals surface area contributed by atoms with Crippen molar-refractivity contribution >= 4 is 39.5 Å². The highest BCUT2D eigenvalue weighted by Crippen LogP contribution is 2.45. The summed E-state index contributed by atoms with van der Waals surface area (Å²) in [6.45, 7) is 4.51. The molecular weight excluding hydrogens is 1430 g/mol. The minimum Gasteiger partial charge on any atom is -0.462 e. The monoisotopic (exact) mass is 1580 g/mol. The zero-order valence-electron chi connectivity index (χ0n) is 68.6. The molecule has 0 saturated heterocycles. The normalized spacial score (nSPS) is 14.6. The molecule has 0 aliphatic heterocycles. The molecule has 0 radical (unpaired) electrons. The molecule has 0 rings (SSSR count). The number of rotatable bonds is 78. The van der Waals surface area contributed by atoms with Gasteiger partial charge in [-0.25, -0.2) is 9.13 Å². The number of phosphoric ester groups is 2. The smallest absolute Gasteiger partial charge is 0.462 e. The molecule has 0 bridgehead atoms. The molecule has 0 aromatic carbocycles. The third kappa shape index (κ3) is 80.5. The number of hydrogen-bond acceptors (Lipinski definition) is 15. The van der Waals surface area contributed by atoms with Gasteiger partial charge in [-0.2, -0.15) is 0 Å². The fourth-order valence-electron chi connectivity index (χ4n) is 10.7. The molecule has 0 aromatic heterocycles. The van der Waals surface area contributed by atoms with Crippen molar-refractivity contribution in [1.82, 2.24) is 0 Å². The van der Waals surface area contributed by atoms with E-state index in [1.54, 1.807) is 0 Å². The predicted octanol–water partition coefficient (Wildman–Crippen LogP) is 25.3. The Morgan fingerprint density at radius 2 is 0.473 bits per heavy atom. The van der Waals surface area contributed by atoms with Crippen molar-refractivity contribution in [2.45, 2.75) is 341 Å². The first-order chi connectivity index (χ1) is 53.7. The second-order valence-electron chi connectivity index (χ2n) is 27.6. The highest BCUT2D eigenvalue weighted by molar-refractivity contribution is 7.47. The van der Waals surface area contributed by atoms with E-state index in [0.717, 1.165) is 205 Å². The van der Waals surface area contributed by atoms with Gasteiger partial charge < -0.3 is 33.8 Å². The molecule has 0 spiro atoms. The highest BCUT2D eigenvalue weighted by Gasteiger charge is 2.30. The van der Waals surface area contributed by atoms with E-state index in [0.29, 0.717) is 25.7 Å². The molecule has 0 saturated carbocycles.